The zero-order valence-electron chi connectivity index (χ0n) is 7.18. The molecule has 0 radical (unpaired) electrons. The third-order valence-corrected chi connectivity index (χ3v) is 3.58. The number of hydrogen-bond donors (Lipinski definition) is 1. The predicted octanol–water partition coefficient (Wildman–Crippen LogP) is 2.48. The van der Waals surface area contributed by atoms with Gasteiger partial charge < -0.3 is 5.11 Å². The molecule has 2 aliphatic rings. The third kappa shape index (κ3) is 1.31. The van der Waals surface area contributed by atoms with Crippen molar-refractivity contribution >= 4 is 0 Å². The van der Waals surface area contributed by atoms with Crippen molar-refractivity contribution in [3.63, 3.8) is 0 Å². The second-order valence-corrected chi connectivity index (χ2v) is 4.29. The fourth-order valence-electron chi connectivity index (χ4n) is 2.87. The molecule has 2 aliphatic carbocycles. The monoisotopic (exact) mass is 154 g/mol. The molecule has 2 saturated carbocycles. The number of aliphatic hydroxyl groups is 1. The lowest BCUT2D eigenvalue weighted by Gasteiger charge is -2.27. The van der Waals surface area contributed by atoms with E-state index in [4.69, 9.17) is 0 Å². The molecule has 0 heterocycles. The molecule has 11 heavy (non-hydrogen) atoms. The average Bonchev–Trinajstić information content (AvgIpc) is 2.24. The minimum Gasteiger partial charge on any atom is -0.390 e. The van der Waals surface area contributed by atoms with E-state index in [-0.39, 0.29) is 5.60 Å². The van der Waals surface area contributed by atoms with E-state index < -0.39 is 0 Å². The van der Waals surface area contributed by atoms with Gasteiger partial charge in [-0.25, -0.2) is 0 Å². The van der Waals surface area contributed by atoms with E-state index >= 15 is 0 Å². The van der Waals surface area contributed by atoms with Crippen LogP contribution >= 0.6 is 0 Å². The molecule has 0 bridgehead atoms. The molecule has 1 N–H and O–H groups in total. The molecular formula is C10H18O. The summed E-state index contributed by atoms with van der Waals surface area (Å²) in [5.74, 6) is 0.657. The van der Waals surface area contributed by atoms with Gasteiger partial charge in [-0.3, -0.25) is 0 Å². The van der Waals surface area contributed by atoms with E-state index in [1.807, 2.05) is 0 Å². The maximum atomic E-state index is 10.2. The summed E-state index contributed by atoms with van der Waals surface area (Å²) in [5, 5.41) is 10.2. The maximum Gasteiger partial charge on any atom is 0.0675 e. The molecule has 0 spiro atoms. The van der Waals surface area contributed by atoms with E-state index in [1.54, 1.807) is 0 Å². The van der Waals surface area contributed by atoms with E-state index in [1.165, 1.54) is 38.5 Å². The Hall–Kier alpha value is -0.0400. The Morgan fingerprint density at radius 1 is 0.909 bits per heavy atom. The van der Waals surface area contributed by atoms with Crippen LogP contribution in [0.25, 0.3) is 0 Å². The largest absolute Gasteiger partial charge is 0.390 e. The van der Waals surface area contributed by atoms with Crippen LogP contribution in [-0.4, -0.2) is 10.7 Å². The van der Waals surface area contributed by atoms with E-state index in [0.717, 1.165) is 12.8 Å². The molecule has 64 valence electrons. The van der Waals surface area contributed by atoms with E-state index in [0.29, 0.717) is 5.92 Å². The summed E-state index contributed by atoms with van der Waals surface area (Å²) in [5.41, 5.74) is -0.226. The van der Waals surface area contributed by atoms with Gasteiger partial charge in [0.1, 0.15) is 0 Å². The number of fused-ring (bicyclic) bond motifs is 1. The molecule has 0 saturated heterocycles. The Balaban J connectivity index is 2.09. The summed E-state index contributed by atoms with van der Waals surface area (Å²) in [4.78, 5) is 0. The second kappa shape index (κ2) is 2.78. The smallest absolute Gasteiger partial charge is 0.0675 e. The molecule has 0 aromatic rings. The standard InChI is InChI=1S/C10H18O/c11-10-7-3-1-2-5-9(10)6-4-8-10/h9,11H,1-8H2/t9-,10-/m0/s1. The third-order valence-electron chi connectivity index (χ3n) is 3.58. The molecular weight excluding hydrogens is 136 g/mol. The molecule has 2 rings (SSSR count). The number of hydrogen-bond acceptors (Lipinski definition) is 1. The summed E-state index contributed by atoms with van der Waals surface area (Å²) in [6.45, 7) is 0. The fourth-order valence-corrected chi connectivity index (χ4v) is 2.87. The van der Waals surface area contributed by atoms with Crippen LogP contribution in [0.1, 0.15) is 51.4 Å². The summed E-state index contributed by atoms with van der Waals surface area (Å²) >= 11 is 0. The van der Waals surface area contributed by atoms with Crippen molar-refractivity contribution in [2.45, 2.75) is 57.0 Å². The zero-order valence-corrected chi connectivity index (χ0v) is 7.18. The van der Waals surface area contributed by atoms with Gasteiger partial charge in [0.05, 0.1) is 5.60 Å². The Kier molecular flexibility index (Phi) is 1.92. The quantitative estimate of drug-likeness (QED) is 0.568. The molecule has 0 amide bonds. The van der Waals surface area contributed by atoms with Gasteiger partial charge in [-0.1, -0.05) is 25.7 Å². The lowest BCUT2D eigenvalue weighted by molar-refractivity contribution is -0.00340. The molecule has 0 aromatic carbocycles. The van der Waals surface area contributed by atoms with Gasteiger partial charge in [0.2, 0.25) is 0 Å². The molecule has 2 atom stereocenters. The highest BCUT2D eigenvalue weighted by Gasteiger charge is 2.40. The van der Waals surface area contributed by atoms with Gasteiger partial charge in [-0.05, 0) is 31.6 Å². The average molecular weight is 154 g/mol. The number of rotatable bonds is 0. The van der Waals surface area contributed by atoms with Crippen LogP contribution in [0.15, 0.2) is 0 Å². The maximum absolute atomic E-state index is 10.2. The van der Waals surface area contributed by atoms with Crippen LogP contribution in [0.2, 0.25) is 0 Å². The van der Waals surface area contributed by atoms with Crippen LogP contribution < -0.4 is 0 Å². The topological polar surface area (TPSA) is 20.2 Å². The lowest BCUT2D eigenvalue weighted by atomic mass is 9.87. The predicted molar refractivity (Wildman–Crippen MR) is 45.4 cm³/mol. The first-order valence-corrected chi connectivity index (χ1v) is 5.04. The van der Waals surface area contributed by atoms with Crippen LogP contribution in [0, 0.1) is 5.92 Å². The van der Waals surface area contributed by atoms with Gasteiger partial charge in [0.25, 0.3) is 0 Å². The van der Waals surface area contributed by atoms with Crippen LogP contribution in [0.3, 0.4) is 0 Å². The first kappa shape index (κ1) is 7.60. The summed E-state index contributed by atoms with van der Waals surface area (Å²) in [7, 11) is 0. The zero-order chi connectivity index (χ0) is 7.73. The summed E-state index contributed by atoms with van der Waals surface area (Å²) in [6.07, 6.45) is 9.96. The van der Waals surface area contributed by atoms with Gasteiger partial charge in [-0.2, -0.15) is 0 Å². The van der Waals surface area contributed by atoms with Crippen molar-refractivity contribution in [2.24, 2.45) is 5.92 Å². The summed E-state index contributed by atoms with van der Waals surface area (Å²) in [6, 6.07) is 0. The van der Waals surface area contributed by atoms with Crippen LogP contribution in [0.4, 0.5) is 0 Å². The Morgan fingerprint density at radius 2 is 1.64 bits per heavy atom. The first-order chi connectivity index (χ1) is 5.31. The SMILES string of the molecule is O[C@]12CCCCC[C@H]1CCC2. The van der Waals surface area contributed by atoms with Crippen LogP contribution in [0.5, 0.6) is 0 Å². The lowest BCUT2D eigenvalue weighted by Crippen LogP contribution is -2.31. The van der Waals surface area contributed by atoms with Crippen LogP contribution in [-0.2, 0) is 0 Å². The van der Waals surface area contributed by atoms with Crippen molar-refractivity contribution in [1.29, 1.82) is 0 Å². The van der Waals surface area contributed by atoms with Gasteiger partial charge >= 0.3 is 0 Å². The minimum absolute atomic E-state index is 0.226. The normalized spacial score (nSPS) is 45.0. The minimum atomic E-state index is -0.226. The first-order valence-electron chi connectivity index (χ1n) is 5.04. The Morgan fingerprint density at radius 3 is 2.55 bits per heavy atom. The Bertz CT molecular complexity index is 144. The van der Waals surface area contributed by atoms with Gasteiger partial charge in [0, 0.05) is 0 Å². The van der Waals surface area contributed by atoms with Gasteiger partial charge in [0.15, 0.2) is 0 Å². The van der Waals surface area contributed by atoms with Crippen molar-refractivity contribution in [1.82, 2.24) is 0 Å². The second-order valence-electron chi connectivity index (χ2n) is 4.29. The molecule has 1 heteroatoms. The molecule has 2 fully saturated rings. The van der Waals surface area contributed by atoms with E-state index in [2.05, 4.69) is 0 Å². The van der Waals surface area contributed by atoms with Crippen molar-refractivity contribution in [3.8, 4) is 0 Å². The van der Waals surface area contributed by atoms with E-state index in [9.17, 15) is 5.11 Å². The Labute approximate surface area is 68.8 Å². The highest BCUT2D eigenvalue weighted by molar-refractivity contribution is 4.93. The highest BCUT2D eigenvalue weighted by atomic mass is 16.3. The molecule has 0 aromatic heterocycles. The fraction of sp³-hybridized carbons (Fsp3) is 1.00. The van der Waals surface area contributed by atoms with Gasteiger partial charge in [-0.15, -0.1) is 0 Å². The molecule has 0 unspecified atom stereocenters. The van der Waals surface area contributed by atoms with Crippen molar-refractivity contribution in [2.75, 3.05) is 0 Å². The highest BCUT2D eigenvalue weighted by Crippen LogP contribution is 2.44. The summed E-state index contributed by atoms with van der Waals surface area (Å²) < 4.78 is 0. The van der Waals surface area contributed by atoms with Crippen molar-refractivity contribution < 1.29 is 5.11 Å². The molecule has 1 nitrogen and oxygen atoms in total. The molecule has 0 aliphatic heterocycles. The van der Waals surface area contributed by atoms with Crippen molar-refractivity contribution in [3.05, 3.63) is 0 Å².